The number of hydrogen-bond donors (Lipinski definition) is 2. The fourth-order valence-corrected chi connectivity index (χ4v) is 2.66. The van der Waals surface area contributed by atoms with E-state index in [-0.39, 0.29) is 29.9 Å². The van der Waals surface area contributed by atoms with Gasteiger partial charge in [0.25, 0.3) is 5.91 Å². The first-order valence-electron chi connectivity index (χ1n) is 6.92. The van der Waals surface area contributed by atoms with Crippen molar-refractivity contribution in [2.75, 3.05) is 26.4 Å². The highest BCUT2D eigenvalue weighted by Gasteiger charge is 2.29. The van der Waals surface area contributed by atoms with Crippen molar-refractivity contribution in [1.29, 1.82) is 0 Å². The van der Waals surface area contributed by atoms with Crippen LogP contribution in [0, 0.1) is 0 Å². The highest BCUT2D eigenvalue weighted by Crippen LogP contribution is 2.30. The predicted molar refractivity (Wildman–Crippen MR) is 78.3 cm³/mol. The van der Waals surface area contributed by atoms with Gasteiger partial charge in [0.05, 0.1) is 31.4 Å². The molecule has 1 atom stereocenters. The van der Waals surface area contributed by atoms with Gasteiger partial charge >= 0.3 is 0 Å². The van der Waals surface area contributed by atoms with Gasteiger partial charge in [-0.15, -0.1) is 0 Å². The van der Waals surface area contributed by atoms with Gasteiger partial charge in [-0.25, -0.2) is 0 Å². The van der Waals surface area contributed by atoms with Gasteiger partial charge < -0.3 is 19.8 Å². The van der Waals surface area contributed by atoms with Crippen LogP contribution >= 0.6 is 0 Å². The highest BCUT2D eigenvalue weighted by atomic mass is 16.5. The van der Waals surface area contributed by atoms with Gasteiger partial charge in [0.1, 0.15) is 5.75 Å². The van der Waals surface area contributed by atoms with Gasteiger partial charge in [-0.1, -0.05) is 30.3 Å². The van der Waals surface area contributed by atoms with Crippen LogP contribution < -0.4 is 0 Å². The van der Waals surface area contributed by atoms with E-state index in [1.807, 2.05) is 24.3 Å². The third-order valence-corrected chi connectivity index (χ3v) is 3.83. The van der Waals surface area contributed by atoms with Crippen molar-refractivity contribution in [3.63, 3.8) is 0 Å². The van der Waals surface area contributed by atoms with Gasteiger partial charge in [-0.05, 0) is 11.5 Å². The molecule has 0 radical (unpaired) electrons. The largest absolute Gasteiger partial charge is 0.506 e. The molecule has 0 bridgehead atoms. The average Bonchev–Trinajstić information content (AvgIpc) is 2.55. The molecular formula is C16H17NO4. The summed E-state index contributed by atoms with van der Waals surface area (Å²) >= 11 is 0. The zero-order valence-electron chi connectivity index (χ0n) is 11.5. The molecule has 1 heterocycles. The third kappa shape index (κ3) is 2.46. The van der Waals surface area contributed by atoms with Crippen LogP contribution in [0.2, 0.25) is 0 Å². The summed E-state index contributed by atoms with van der Waals surface area (Å²) in [7, 11) is 0. The van der Waals surface area contributed by atoms with Crippen LogP contribution in [-0.4, -0.2) is 53.4 Å². The number of aromatic hydroxyl groups is 1. The fraction of sp³-hybridized carbons (Fsp3) is 0.312. The summed E-state index contributed by atoms with van der Waals surface area (Å²) in [5, 5.41) is 21.3. The molecule has 0 aromatic heterocycles. The van der Waals surface area contributed by atoms with Gasteiger partial charge in [-0.2, -0.15) is 0 Å². The van der Waals surface area contributed by atoms with Gasteiger partial charge in [0, 0.05) is 11.9 Å². The Morgan fingerprint density at radius 2 is 2.10 bits per heavy atom. The van der Waals surface area contributed by atoms with Crippen LogP contribution in [0.5, 0.6) is 5.75 Å². The molecule has 1 aliphatic heterocycles. The van der Waals surface area contributed by atoms with Crippen molar-refractivity contribution in [2.45, 2.75) is 6.04 Å². The van der Waals surface area contributed by atoms with Gasteiger partial charge in [-0.3, -0.25) is 4.79 Å². The van der Waals surface area contributed by atoms with Crippen LogP contribution in [0.3, 0.4) is 0 Å². The maximum Gasteiger partial charge on any atom is 0.258 e. The van der Waals surface area contributed by atoms with E-state index in [4.69, 9.17) is 4.74 Å². The van der Waals surface area contributed by atoms with E-state index in [0.29, 0.717) is 25.1 Å². The molecule has 3 rings (SSSR count). The summed E-state index contributed by atoms with van der Waals surface area (Å²) in [6, 6.07) is 10.4. The number of phenolic OH excluding ortho intramolecular Hbond substituents is 1. The Morgan fingerprint density at radius 3 is 2.90 bits per heavy atom. The molecule has 21 heavy (non-hydrogen) atoms. The summed E-state index contributed by atoms with van der Waals surface area (Å²) in [4.78, 5) is 14.2. The van der Waals surface area contributed by atoms with Crippen molar-refractivity contribution in [3.05, 3.63) is 42.0 Å². The molecule has 1 saturated heterocycles. The van der Waals surface area contributed by atoms with Crippen molar-refractivity contribution < 1.29 is 19.7 Å². The second kappa shape index (κ2) is 5.71. The first-order valence-corrected chi connectivity index (χ1v) is 6.92. The van der Waals surface area contributed by atoms with Crippen LogP contribution in [-0.2, 0) is 4.74 Å². The number of morpholine rings is 1. The molecule has 1 amide bonds. The Morgan fingerprint density at radius 1 is 1.29 bits per heavy atom. The van der Waals surface area contributed by atoms with E-state index in [1.54, 1.807) is 17.0 Å². The minimum atomic E-state index is -0.364. The SMILES string of the molecule is O=C(c1ccc2ccccc2c1O)N1CCOCC1CO. The minimum absolute atomic E-state index is 0.0127. The van der Waals surface area contributed by atoms with Crippen LogP contribution in [0.1, 0.15) is 10.4 Å². The number of carbonyl (C=O) groups is 1. The van der Waals surface area contributed by atoms with E-state index < -0.39 is 0 Å². The number of phenols is 1. The first kappa shape index (κ1) is 13.9. The normalized spacial score (nSPS) is 18.9. The monoisotopic (exact) mass is 287 g/mol. The van der Waals surface area contributed by atoms with Crippen LogP contribution in [0.15, 0.2) is 36.4 Å². The van der Waals surface area contributed by atoms with E-state index in [1.165, 1.54) is 0 Å². The van der Waals surface area contributed by atoms with Crippen molar-refractivity contribution in [2.24, 2.45) is 0 Å². The molecule has 2 aromatic carbocycles. The minimum Gasteiger partial charge on any atom is -0.506 e. The molecule has 2 aromatic rings. The molecular weight excluding hydrogens is 270 g/mol. The first-order chi connectivity index (χ1) is 10.2. The topological polar surface area (TPSA) is 70.0 Å². The maximum atomic E-state index is 12.6. The lowest BCUT2D eigenvalue weighted by molar-refractivity contribution is -0.0185. The molecule has 0 aliphatic carbocycles. The second-order valence-electron chi connectivity index (χ2n) is 5.09. The van der Waals surface area contributed by atoms with Gasteiger partial charge in [0.2, 0.25) is 0 Å². The standard InChI is InChI=1S/C16H17NO4/c18-9-12-10-21-8-7-17(12)16(20)14-6-5-11-3-1-2-4-13(11)15(14)19/h1-6,12,18-19H,7-10H2. The van der Waals surface area contributed by atoms with E-state index in [0.717, 1.165) is 5.39 Å². The van der Waals surface area contributed by atoms with Crippen molar-refractivity contribution in [3.8, 4) is 5.75 Å². The Balaban J connectivity index is 1.99. The lowest BCUT2D eigenvalue weighted by Crippen LogP contribution is -2.50. The predicted octanol–water partition coefficient (Wildman–Crippen LogP) is 1.38. The molecule has 1 unspecified atom stereocenters. The second-order valence-corrected chi connectivity index (χ2v) is 5.09. The summed E-state index contributed by atoms with van der Waals surface area (Å²) in [6.45, 7) is 1.02. The molecule has 0 spiro atoms. The Hall–Kier alpha value is -2.11. The number of benzene rings is 2. The zero-order valence-corrected chi connectivity index (χ0v) is 11.5. The molecule has 2 N–H and O–H groups in total. The fourth-order valence-electron chi connectivity index (χ4n) is 2.66. The molecule has 1 fully saturated rings. The van der Waals surface area contributed by atoms with E-state index >= 15 is 0 Å². The number of ether oxygens (including phenoxy) is 1. The van der Waals surface area contributed by atoms with Crippen molar-refractivity contribution in [1.82, 2.24) is 4.90 Å². The molecule has 5 heteroatoms. The number of rotatable bonds is 2. The van der Waals surface area contributed by atoms with E-state index in [9.17, 15) is 15.0 Å². The van der Waals surface area contributed by atoms with Crippen LogP contribution in [0.25, 0.3) is 10.8 Å². The van der Waals surface area contributed by atoms with E-state index in [2.05, 4.69) is 0 Å². The molecule has 0 saturated carbocycles. The average molecular weight is 287 g/mol. The molecule has 5 nitrogen and oxygen atoms in total. The third-order valence-electron chi connectivity index (χ3n) is 3.83. The lowest BCUT2D eigenvalue weighted by atomic mass is 10.0. The number of fused-ring (bicyclic) bond motifs is 1. The number of amides is 1. The summed E-state index contributed by atoms with van der Waals surface area (Å²) in [6.07, 6.45) is 0. The Kier molecular flexibility index (Phi) is 3.77. The molecule has 1 aliphatic rings. The summed E-state index contributed by atoms with van der Waals surface area (Å²) in [5.41, 5.74) is 0.258. The zero-order chi connectivity index (χ0) is 14.8. The summed E-state index contributed by atoms with van der Waals surface area (Å²) in [5.74, 6) is -0.290. The smallest absolute Gasteiger partial charge is 0.258 e. The number of nitrogens with zero attached hydrogens (tertiary/aromatic N) is 1. The van der Waals surface area contributed by atoms with Crippen molar-refractivity contribution >= 4 is 16.7 Å². The Labute approximate surface area is 122 Å². The van der Waals surface area contributed by atoms with Crippen LogP contribution in [0.4, 0.5) is 0 Å². The number of aliphatic hydroxyl groups excluding tert-OH is 1. The number of carbonyl (C=O) groups excluding carboxylic acids is 1. The quantitative estimate of drug-likeness (QED) is 0.875. The molecule has 110 valence electrons. The lowest BCUT2D eigenvalue weighted by Gasteiger charge is -2.34. The maximum absolute atomic E-state index is 12.6. The Bertz CT molecular complexity index is 670. The number of hydrogen-bond acceptors (Lipinski definition) is 4. The number of aliphatic hydroxyl groups is 1. The highest BCUT2D eigenvalue weighted by molar-refractivity contribution is 6.03. The summed E-state index contributed by atoms with van der Waals surface area (Å²) < 4.78 is 5.27. The van der Waals surface area contributed by atoms with Gasteiger partial charge in [0.15, 0.2) is 0 Å².